The Hall–Kier alpha value is -0.130. The van der Waals surface area contributed by atoms with Crippen LogP contribution >= 0.6 is 0 Å². The first-order valence-corrected chi connectivity index (χ1v) is 7.42. The minimum atomic E-state index is -2.97. The minimum Gasteiger partial charge on any atom is -0.306 e. The van der Waals surface area contributed by atoms with Gasteiger partial charge in [-0.05, 0) is 32.4 Å². The second-order valence-electron chi connectivity index (χ2n) is 4.54. The molecule has 0 saturated carbocycles. The van der Waals surface area contributed by atoms with Gasteiger partial charge in [-0.2, -0.15) is 0 Å². The molecule has 90 valence electrons. The van der Waals surface area contributed by atoms with Gasteiger partial charge in [0.2, 0.25) is 10.0 Å². The standard InChI is InChI=1S/C10H22N2O2S/c1-4-6-11(2)8-10-5-7-12(9-10)15(3,13)14/h10H,4-9H2,1-3H3. The molecule has 15 heavy (non-hydrogen) atoms. The van der Waals surface area contributed by atoms with E-state index in [1.807, 2.05) is 0 Å². The molecular formula is C10H22N2O2S. The van der Waals surface area contributed by atoms with Crippen molar-refractivity contribution < 1.29 is 8.42 Å². The molecule has 0 aromatic carbocycles. The molecule has 1 aliphatic heterocycles. The highest BCUT2D eigenvalue weighted by molar-refractivity contribution is 7.88. The second kappa shape index (κ2) is 5.27. The highest BCUT2D eigenvalue weighted by Crippen LogP contribution is 2.19. The number of hydrogen-bond acceptors (Lipinski definition) is 3. The lowest BCUT2D eigenvalue weighted by molar-refractivity contribution is 0.281. The van der Waals surface area contributed by atoms with Crippen LogP contribution in [0.15, 0.2) is 0 Å². The third-order valence-electron chi connectivity index (χ3n) is 2.89. The second-order valence-corrected chi connectivity index (χ2v) is 6.52. The monoisotopic (exact) mass is 234 g/mol. The Morgan fingerprint density at radius 2 is 2.13 bits per heavy atom. The van der Waals surface area contributed by atoms with E-state index in [9.17, 15) is 8.42 Å². The molecule has 0 aromatic rings. The van der Waals surface area contributed by atoms with Crippen molar-refractivity contribution in [2.24, 2.45) is 5.92 Å². The van der Waals surface area contributed by atoms with Crippen LogP contribution in [0.3, 0.4) is 0 Å². The largest absolute Gasteiger partial charge is 0.306 e. The molecule has 1 rings (SSSR count). The number of nitrogens with zero attached hydrogens (tertiary/aromatic N) is 2. The molecule has 1 aliphatic rings. The molecule has 0 spiro atoms. The molecule has 0 radical (unpaired) electrons. The van der Waals surface area contributed by atoms with Crippen LogP contribution in [0.4, 0.5) is 0 Å². The molecule has 1 unspecified atom stereocenters. The molecule has 0 N–H and O–H groups in total. The van der Waals surface area contributed by atoms with Gasteiger partial charge in [0.25, 0.3) is 0 Å². The van der Waals surface area contributed by atoms with E-state index >= 15 is 0 Å². The first kappa shape index (κ1) is 12.9. The van der Waals surface area contributed by atoms with E-state index in [0.29, 0.717) is 19.0 Å². The van der Waals surface area contributed by atoms with Crippen LogP contribution in [0.1, 0.15) is 19.8 Å². The molecule has 1 heterocycles. The van der Waals surface area contributed by atoms with Crippen molar-refractivity contribution in [3.8, 4) is 0 Å². The summed E-state index contributed by atoms with van der Waals surface area (Å²) in [5.74, 6) is 0.510. The van der Waals surface area contributed by atoms with Gasteiger partial charge < -0.3 is 4.90 Å². The molecule has 0 bridgehead atoms. The first-order valence-electron chi connectivity index (χ1n) is 5.57. The molecule has 4 nitrogen and oxygen atoms in total. The lowest BCUT2D eigenvalue weighted by Gasteiger charge is -2.20. The van der Waals surface area contributed by atoms with Gasteiger partial charge in [0.1, 0.15) is 0 Å². The molecule has 1 atom stereocenters. The summed E-state index contributed by atoms with van der Waals surface area (Å²) < 4.78 is 24.2. The van der Waals surface area contributed by atoms with Crippen LogP contribution in [0.25, 0.3) is 0 Å². The van der Waals surface area contributed by atoms with Crippen LogP contribution in [0.5, 0.6) is 0 Å². The zero-order chi connectivity index (χ0) is 11.5. The Morgan fingerprint density at radius 3 is 2.60 bits per heavy atom. The Balaban J connectivity index is 2.37. The summed E-state index contributed by atoms with van der Waals surface area (Å²) >= 11 is 0. The van der Waals surface area contributed by atoms with Gasteiger partial charge in [-0.1, -0.05) is 6.92 Å². The Morgan fingerprint density at radius 1 is 1.47 bits per heavy atom. The van der Waals surface area contributed by atoms with Crippen LogP contribution in [-0.2, 0) is 10.0 Å². The molecule has 5 heteroatoms. The van der Waals surface area contributed by atoms with Crippen LogP contribution in [-0.4, -0.2) is 57.1 Å². The van der Waals surface area contributed by atoms with Crippen LogP contribution < -0.4 is 0 Å². The number of rotatable bonds is 5. The minimum absolute atomic E-state index is 0.510. The van der Waals surface area contributed by atoms with E-state index in [2.05, 4.69) is 18.9 Å². The number of sulfonamides is 1. The Kier molecular flexibility index (Phi) is 4.55. The van der Waals surface area contributed by atoms with Gasteiger partial charge in [-0.3, -0.25) is 0 Å². The number of hydrogen-bond donors (Lipinski definition) is 0. The molecule has 0 aromatic heterocycles. The van der Waals surface area contributed by atoms with Crippen molar-refractivity contribution in [2.75, 3.05) is 39.5 Å². The third-order valence-corrected chi connectivity index (χ3v) is 4.16. The van der Waals surface area contributed by atoms with Gasteiger partial charge in [-0.15, -0.1) is 0 Å². The van der Waals surface area contributed by atoms with Crippen LogP contribution in [0.2, 0.25) is 0 Å². The van der Waals surface area contributed by atoms with Crippen LogP contribution in [0, 0.1) is 5.92 Å². The van der Waals surface area contributed by atoms with Crippen molar-refractivity contribution in [2.45, 2.75) is 19.8 Å². The molecule has 1 saturated heterocycles. The highest BCUT2D eigenvalue weighted by atomic mass is 32.2. The topological polar surface area (TPSA) is 40.6 Å². The quantitative estimate of drug-likeness (QED) is 0.700. The predicted octanol–water partition coefficient (Wildman–Crippen LogP) is 0.610. The van der Waals surface area contributed by atoms with Gasteiger partial charge in [-0.25, -0.2) is 12.7 Å². The van der Waals surface area contributed by atoms with E-state index in [1.54, 1.807) is 4.31 Å². The van der Waals surface area contributed by atoms with E-state index in [4.69, 9.17) is 0 Å². The summed E-state index contributed by atoms with van der Waals surface area (Å²) in [6.45, 7) is 5.67. The lowest BCUT2D eigenvalue weighted by atomic mass is 10.1. The van der Waals surface area contributed by atoms with Gasteiger partial charge in [0.15, 0.2) is 0 Å². The molecular weight excluding hydrogens is 212 g/mol. The van der Waals surface area contributed by atoms with E-state index < -0.39 is 10.0 Å². The summed E-state index contributed by atoms with van der Waals surface area (Å²) in [5, 5.41) is 0. The van der Waals surface area contributed by atoms with Crippen molar-refractivity contribution in [3.63, 3.8) is 0 Å². The fraction of sp³-hybridized carbons (Fsp3) is 1.00. The Labute approximate surface area is 93.3 Å². The SMILES string of the molecule is CCCN(C)CC1CCN(S(C)(=O)=O)C1. The van der Waals surface area contributed by atoms with E-state index in [0.717, 1.165) is 25.9 Å². The van der Waals surface area contributed by atoms with Crippen molar-refractivity contribution >= 4 is 10.0 Å². The average molecular weight is 234 g/mol. The normalized spacial score (nSPS) is 23.9. The van der Waals surface area contributed by atoms with Gasteiger partial charge in [0.05, 0.1) is 6.26 Å². The van der Waals surface area contributed by atoms with E-state index in [-0.39, 0.29) is 0 Å². The Bertz CT molecular complexity index is 290. The maximum atomic E-state index is 11.3. The first-order chi connectivity index (χ1) is 6.93. The van der Waals surface area contributed by atoms with E-state index in [1.165, 1.54) is 6.26 Å². The summed E-state index contributed by atoms with van der Waals surface area (Å²) in [6, 6.07) is 0. The molecule has 0 aliphatic carbocycles. The third kappa shape index (κ3) is 4.09. The fourth-order valence-corrected chi connectivity index (χ4v) is 3.08. The summed E-state index contributed by atoms with van der Waals surface area (Å²) in [6.07, 6.45) is 3.45. The van der Waals surface area contributed by atoms with Crippen molar-refractivity contribution in [3.05, 3.63) is 0 Å². The predicted molar refractivity (Wildman–Crippen MR) is 62.3 cm³/mol. The average Bonchev–Trinajstić information content (AvgIpc) is 2.52. The smallest absolute Gasteiger partial charge is 0.211 e. The molecule has 0 amide bonds. The summed E-state index contributed by atoms with van der Waals surface area (Å²) in [5.41, 5.74) is 0. The van der Waals surface area contributed by atoms with Gasteiger partial charge >= 0.3 is 0 Å². The fourth-order valence-electron chi connectivity index (χ4n) is 2.16. The maximum Gasteiger partial charge on any atom is 0.211 e. The molecule has 1 fully saturated rings. The highest BCUT2D eigenvalue weighted by Gasteiger charge is 2.28. The van der Waals surface area contributed by atoms with Crippen molar-refractivity contribution in [1.82, 2.24) is 9.21 Å². The zero-order valence-electron chi connectivity index (χ0n) is 9.94. The lowest BCUT2D eigenvalue weighted by Crippen LogP contribution is -2.31. The summed E-state index contributed by atoms with van der Waals surface area (Å²) in [7, 11) is -0.865. The maximum absolute atomic E-state index is 11.3. The van der Waals surface area contributed by atoms with Gasteiger partial charge in [0, 0.05) is 19.6 Å². The van der Waals surface area contributed by atoms with Crippen molar-refractivity contribution in [1.29, 1.82) is 0 Å². The zero-order valence-corrected chi connectivity index (χ0v) is 10.8. The summed E-state index contributed by atoms with van der Waals surface area (Å²) in [4.78, 5) is 2.29.